The smallest absolute Gasteiger partial charge is 0.347 e. The predicted octanol–water partition coefficient (Wildman–Crippen LogP) is 1.04. The van der Waals surface area contributed by atoms with E-state index >= 15 is 0 Å². The maximum Gasteiger partial charge on any atom is 0.347 e. The van der Waals surface area contributed by atoms with Crippen LogP contribution in [0.25, 0.3) is 0 Å². The molecular formula is C8H10N2O3S. The lowest BCUT2D eigenvalue weighted by Crippen LogP contribution is -2.23. The van der Waals surface area contributed by atoms with Crippen molar-refractivity contribution in [1.29, 1.82) is 0 Å². The molecule has 6 heteroatoms. The molecule has 0 fully saturated rings. The Morgan fingerprint density at radius 2 is 2.29 bits per heavy atom. The Balaban J connectivity index is 2.76. The average Bonchev–Trinajstić information content (AvgIpc) is 2.50. The number of nitrogens with zero attached hydrogens (tertiary/aromatic N) is 1. The molecular weight excluding hydrogens is 204 g/mol. The number of carboxylic acids is 1. The zero-order chi connectivity index (χ0) is 10.7. The molecule has 2 N–H and O–H groups in total. The van der Waals surface area contributed by atoms with Gasteiger partial charge in [-0.25, -0.2) is 9.78 Å². The number of carbonyl (C=O) groups is 2. The van der Waals surface area contributed by atoms with Crippen LogP contribution in [0.15, 0.2) is 6.20 Å². The summed E-state index contributed by atoms with van der Waals surface area (Å²) in [4.78, 5) is 25.4. The molecule has 14 heavy (non-hydrogen) atoms. The van der Waals surface area contributed by atoms with E-state index in [1.54, 1.807) is 6.92 Å². The molecule has 1 aromatic rings. The Kier molecular flexibility index (Phi) is 3.19. The first-order valence-electron chi connectivity index (χ1n) is 3.97. The van der Waals surface area contributed by atoms with Crippen LogP contribution >= 0.6 is 11.3 Å². The number of carbonyl (C=O) groups excluding carboxylic acids is 1. The Bertz CT molecular complexity index is 361. The van der Waals surface area contributed by atoms with Crippen LogP contribution < -0.4 is 5.32 Å². The molecule has 0 aliphatic carbocycles. The minimum Gasteiger partial charge on any atom is -0.477 e. The summed E-state index contributed by atoms with van der Waals surface area (Å²) in [5.74, 6) is -1.16. The molecule has 0 radical (unpaired) electrons. The highest BCUT2D eigenvalue weighted by molar-refractivity contribution is 7.13. The van der Waals surface area contributed by atoms with Gasteiger partial charge in [0.25, 0.3) is 0 Å². The number of rotatable bonds is 3. The SMILES string of the molecule is CC(=O)NC(C)c1ncc(C(=O)O)s1. The highest BCUT2D eigenvalue weighted by Crippen LogP contribution is 2.19. The van der Waals surface area contributed by atoms with Crippen LogP contribution in [0.1, 0.15) is 34.6 Å². The van der Waals surface area contributed by atoms with E-state index in [4.69, 9.17) is 5.11 Å². The van der Waals surface area contributed by atoms with Crippen LogP contribution in [0.2, 0.25) is 0 Å². The van der Waals surface area contributed by atoms with Crippen molar-refractivity contribution in [3.63, 3.8) is 0 Å². The number of hydrogen-bond acceptors (Lipinski definition) is 4. The molecule has 5 nitrogen and oxygen atoms in total. The molecule has 0 aliphatic heterocycles. The molecule has 0 spiro atoms. The van der Waals surface area contributed by atoms with Crippen molar-refractivity contribution >= 4 is 23.2 Å². The number of thiazole rings is 1. The van der Waals surface area contributed by atoms with Gasteiger partial charge in [-0.2, -0.15) is 0 Å². The Morgan fingerprint density at radius 1 is 1.64 bits per heavy atom. The highest BCUT2D eigenvalue weighted by Gasteiger charge is 2.14. The van der Waals surface area contributed by atoms with Gasteiger partial charge in [0.15, 0.2) is 0 Å². The van der Waals surface area contributed by atoms with Crippen LogP contribution in [0.4, 0.5) is 0 Å². The van der Waals surface area contributed by atoms with Gasteiger partial charge in [0.2, 0.25) is 5.91 Å². The van der Waals surface area contributed by atoms with E-state index in [-0.39, 0.29) is 16.8 Å². The number of aromatic carboxylic acids is 1. The standard InChI is InChI=1S/C8H10N2O3S/c1-4(10-5(2)11)7-9-3-6(14-7)8(12)13/h3-4H,1-2H3,(H,10,11)(H,12,13). The van der Waals surface area contributed by atoms with Crippen molar-refractivity contribution < 1.29 is 14.7 Å². The van der Waals surface area contributed by atoms with Gasteiger partial charge < -0.3 is 10.4 Å². The third kappa shape index (κ3) is 2.53. The van der Waals surface area contributed by atoms with Crippen LogP contribution in [-0.4, -0.2) is 22.0 Å². The van der Waals surface area contributed by atoms with Gasteiger partial charge in [0.1, 0.15) is 9.88 Å². The van der Waals surface area contributed by atoms with Gasteiger partial charge >= 0.3 is 5.97 Å². The van der Waals surface area contributed by atoms with Crippen molar-refractivity contribution in [1.82, 2.24) is 10.3 Å². The molecule has 0 aromatic carbocycles. The maximum absolute atomic E-state index is 10.7. The first-order chi connectivity index (χ1) is 6.50. The molecule has 1 aromatic heterocycles. The number of carboxylic acid groups (broad SMARTS) is 1. The molecule has 1 unspecified atom stereocenters. The summed E-state index contributed by atoms with van der Waals surface area (Å²) < 4.78 is 0. The summed E-state index contributed by atoms with van der Waals surface area (Å²) >= 11 is 1.07. The third-order valence-corrected chi connectivity index (χ3v) is 2.69. The first kappa shape index (κ1) is 10.6. The topological polar surface area (TPSA) is 79.3 Å². The molecule has 1 amide bonds. The zero-order valence-electron chi connectivity index (χ0n) is 7.77. The van der Waals surface area contributed by atoms with Crippen molar-refractivity contribution in [2.75, 3.05) is 0 Å². The lowest BCUT2D eigenvalue weighted by molar-refractivity contribution is -0.119. The summed E-state index contributed by atoms with van der Waals surface area (Å²) in [6, 6.07) is -0.245. The van der Waals surface area contributed by atoms with E-state index in [1.165, 1.54) is 13.1 Å². The maximum atomic E-state index is 10.7. The largest absolute Gasteiger partial charge is 0.477 e. The molecule has 1 rings (SSSR count). The Morgan fingerprint density at radius 3 is 2.71 bits per heavy atom. The minimum atomic E-state index is -0.997. The minimum absolute atomic E-state index is 0.162. The summed E-state index contributed by atoms with van der Waals surface area (Å²) in [5.41, 5.74) is 0. The van der Waals surface area contributed by atoms with Crippen LogP contribution in [0.3, 0.4) is 0 Å². The lowest BCUT2D eigenvalue weighted by Gasteiger charge is -2.07. The van der Waals surface area contributed by atoms with Crippen molar-refractivity contribution in [3.05, 3.63) is 16.1 Å². The van der Waals surface area contributed by atoms with Crippen molar-refractivity contribution in [2.24, 2.45) is 0 Å². The van der Waals surface area contributed by atoms with E-state index < -0.39 is 5.97 Å². The predicted molar refractivity (Wildman–Crippen MR) is 51.3 cm³/mol. The summed E-state index contributed by atoms with van der Waals surface area (Å²) in [6.07, 6.45) is 1.29. The lowest BCUT2D eigenvalue weighted by atomic mass is 10.3. The Labute approximate surface area is 84.8 Å². The fraction of sp³-hybridized carbons (Fsp3) is 0.375. The van der Waals surface area contributed by atoms with E-state index in [1.807, 2.05) is 0 Å². The second-order valence-corrected chi connectivity index (χ2v) is 3.85. The number of aromatic nitrogens is 1. The second kappa shape index (κ2) is 4.19. The normalized spacial score (nSPS) is 12.1. The molecule has 0 aliphatic rings. The van der Waals surface area contributed by atoms with E-state index in [0.717, 1.165) is 11.3 Å². The van der Waals surface area contributed by atoms with Crippen LogP contribution in [-0.2, 0) is 4.79 Å². The van der Waals surface area contributed by atoms with E-state index in [2.05, 4.69) is 10.3 Å². The Hall–Kier alpha value is -1.43. The van der Waals surface area contributed by atoms with E-state index in [9.17, 15) is 9.59 Å². The molecule has 76 valence electrons. The monoisotopic (exact) mass is 214 g/mol. The summed E-state index contributed by atoms with van der Waals surface area (Å²) in [7, 11) is 0. The van der Waals surface area contributed by atoms with E-state index in [0.29, 0.717) is 5.01 Å². The number of nitrogens with one attached hydrogen (secondary N) is 1. The van der Waals surface area contributed by atoms with Crippen LogP contribution in [0, 0.1) is 0 Å². The first-order valence-corrected chi connectivity index (χ1v) is 4.78. The third-order valence-electron chi connectivity index (χ3n) is 1.52. The molecule has 1 atom stereocenters. The van der Waals surface area contributed by atoms with Gasteiger partial charge in [-0.3, -0.25) is 4.79 Å². The molecule has 1 heterocycles. The summed E-state index contributed by atoms with van der Waals surface area (Å²) in [5, 5.41) is 11.9. The van der Waals surface area contributed by atoms with Crippen molar-refractivity contribution in [2.45, 2.75) is 19.9 Å². The number of amides is 1. The second-order valence-electron chi connectivity index (χ2n) is 2.79. The molecule has 0 saturated carbocycles. The highest BCUT2D eigenvalue weighted by atomic mass is 32.1. The molecule has 0 saturated heterocycles. The number of hydrogen-bond donors (Lipinski definition) is 2. The van der Waals surface area contributed by atoms with Gasteiger partial charge in [0.05, 0.1) is 12.2 Å². The van der Waals surface area contributed by atoms with Crippen LogP contribution in [0.5, 0.6) is 0 Å². The van der Waals surface area contributed by atoms with Gasteiger partial charge in [-0.1, -0.05) is 0 Å². The summed E-state index contributed by atoms with van der Waals surface area (Å²) in [6.45, 7) is 3.16. The fourth-order valence-electron chi connectivity index (χ4n) is 0.953. The van der Waals surface area contributed by atoms with Gasteiger partial charge in [-0.15, -0.1) is 11.3 Å². The van der Waals surface area contributed by atoms with Gasteiger partial charge in [-0.05, 0) is 6.92 Å². The quantitative estimate of drug-likeness (QED) is 0.787. The van der Waals surface area contributed by atoms with Gasteiger partial charge in [0, 0.05) is 6.92 Å². The fourth-order valence-corrected chi connectivity index (χ4v) is 1.71. The zero-order valence-corrected chi connectivity index (χ0v) is 8.59. The average molecular weight is 214 g/mol. The van der Waals surface area contributed by atoms with Crippen molar-refractivity contribution in [3.8, 4) is 0 Å². The molecule has 0 bridgehead atoms.